The van der Waals surface area contributed by atoms with Gasteiger partial charge < -0.3 is 15.7 Å². The second kappa shape index (κ2) is 5.16. The smallest absolute Gasteiger partial charge is 0.212 e. The van der Waals surface area contributed by atoms with E-state index in [1.807, 2.05) is 18.4 Å². The molecule has 0 radical (unpaired) electrons. The van der Waals surface area contributed by atoms with Gasteiger partial charge in [0.2, 0.25) is 4.96 Å². The molecule has 0 saturated carbocycles. The van der Waals surface area contributed by atoms with E-state index in [1.54, 1.807) is 11.3 Å². The van der Waals surface area contributed by atoms with Crippen LogP contribution in [0.5, 0.6) is 0 Å². The Balaban J connectivity index is 1.66. The zero-order valence-corrected chi connectivity index (χ0v) is 12.0. The molecular weight excluding hydrogens is 262 g/mol. The molecule has 2 atom stereocenters. The summed E-state index contributed by atoms with van der Waals surface area (Å²) in [5.74, 6) is 0.292. The summed E-state index contributed by atoms with van der Waals surface area (Å²) in [6.07, 6.45) is -0.236. The van der Waals surface area contributed by atoms with E-state index in [1.165, 1.54) is 0 Å². The van der Waals surface area contributed by atoms with Gasteiger partial charge in [0, 0.05) is 32.1 Å². The van der Waals surface area contributed by atoms with Crippen molar-refractivity contribution >= 4 is 16.3 Å². The van der Waals surface area contributed by atoms with Crippen molar-refractivity contribution < 1.29 is 5.11 Å². The van der Waals surface area contributed by atoms with Crippen molar-refractivity contribution in [2.24, 2.45) is 5.92 Å². The van der Waals surface area contributed by atoms with Crippen molar-refractivity contribution in [1.29, 1.82) is 0 Å². The molecular formula is C12H19N5OS. The lowest BCUT2D eigenvalue weighted by atomic mass is 10.1. The molecule has 0 spiro atoms. The molecule has 0 bridgehead atoms. The average molecular weight is 281 g/mol. The number of β-amino-alcohol motifs (C(OH)–C–C–N with tert-alkyl or cyclic N) is 1. The van der Waals surface area contributed by atoms with Crippen molar-refractivity contribution in [2.75, 3.05) is 19.6 Å². The van der Waals surface area contributed by atoms with Crippen LogP contribution in [0, 0.1) is 19.8 Å². The third kappa shape index (κ3) is 2.51. The first-order chi connectivity index (χ1) is 9.15. The number of rotatable bonds is 4. The molecule has 0 aliphatic carbocycles. The largest absolute Gasteiger partial charge is 0.391 e. The van der Waals surface area contributed by atoms with Crippen molar-refractivity contribution in [3.8, 4) is 0 Å². The Morgan fingerprint density at radius 3 is 3.05 bits per heavy atom. The molecule has 2 aromatic heterocycles. The van der Waals surface area contributed by atoms with Crippen LogP contribution in [0.2, 0.25) is 0 Å². The van der Waals surface area contributed by atoms with Gasteiger partial charge in [0.1, 0.15) is 5.01 Å². The maximum Gasteiger partial charge on any atom is 0.212 e. The van der Waals surface area contributed by atoms with Crippen molar-refractivity contribution in [3.63, 3.8) is 0 Å². The maximum absolute atomic E-state index is 9.75. The fourth-order valence-electron chi connectivity index (χ4n) is 2.49. The quantitative estimate of drug-likeness (QED) is 0.740. The molecule has 1 saturated heterocycles. The number of fused-ring (bicyclic) bond motifs is 1. The number of hydrogen-bond donors (Lipinski definition) is 3. The number of nitrogens with one attached hydrogen (secondary N) is 2. The predicted molar refractivity (Wildman–Crippen MR) is 74.4 cm³/mol. The first kappa shape index (κ1) is 13.0. The summed E-state index contributed by atoms with van der Waals surface area (Å²) in [7, 11) is 0. The van der Waals surface area contributed by atoms with Crippen LogP contribution < -0.4 is 10.6 Å². The summed E-state index contributed by atoms with van der Waals surface area (Å²) < 4.78 is 1.92. The van der Waals surface area contributed by atoms with E-state index in [4.69, 9.17) is 0 Å². The molecule has 1 aliphatic heterocycles. The molecule has 104 valence electrons. The summed E-state index contributed by atoms with van der Waals surface area (Å²) in [6, 6.07) is 0. The van der Waals surface area contributed by atoms with Gasteiger partial charge in [-0.05, 0) is 13.8 Å². The van der Waals surface area contributed by atoms with Gasteiger partial charge in [-0.2, -0.15) is 5.10 Å². The minimum atomic E-state index is -0.236. The van der Waals surface area contributed by atoms with Crippen molar-refractivity contribution in [3.05, 3.63) is 16.4 Å². The van der Waals surface area contributed by atoms with Crippen LogP contribution in [0.4, 0.5) is 0 Å². The molecule has 3 rings (SSSR count). The van der Waals surface area contributed by atoms with Crippen LogP contribution in [-0.2, 0) is 6.54 Å². The van der Waals surface area contributed by atoms with E-state index in [9.17, 15) is 5.11 Å². The van der Waals surface area contributed by atoms with Gasteiger partial charge in [-0.15, -0.1) is 0 Å². The highest BCUT2D eigenvalue weighted by Gasteiger charge is 2.24. The second-order valence-electron chi connectivity index (χ2n) is 5.08. The number of aliphatic hydroxyl groups excluding tert-OH is 1. The van der Waals surface area contributed by atoms with Crippen LogP contribution in [0.3, 0.4) is 0 Å². The zero-order chi connectivity index (χ0) is 13.4. The lowest BCUT2D eigenvalue weighted by molar-refractivity contribution is 0.146. The summed E-state index contributed by atoms with van der Waals surface area (Å²) in [4.78, 5) is 5.47. The Labute approximate surface area is 115 Å². The van der Waals surface area contributed by atoms with E-state index in [0.717, 1.165) is 41.0 Å². The predicted octanol–water partition coefficient (Wildman–Crippen LogP) is 0.0775. The third-order valence-corrected chi connectivity index (χ3v) is 4.42. The number of aromatic nitrogens is 3. The number of imidazole rings is 1. The lowest BCUT2D eigenvalue weighted by Crippen LogP contribution is -2.30. The molecule has 2 unspecified atom stereocenters. The fraction of sp³-hybridized carbons (Fsp3) is 0.667. The van der Waals surface area contributed by atoms with E-state index >= 15 is 0 Å². The number of aliphatic hydroxyl groups is 1. The van der Waals surface area contributed by atoms with Gasteiger partial charge in [0.05, 0.1) is 17.5 Å². The Morgan fingerprint density at radius 2 is 2.32 bits per heavy atom. The highest BCUT2D eigenvalue weighted by molar-refractivity contribution is 7.16. The molecule has 1 fully saturated rings. The summed E-state index contributed by atoms with van der Waals surface area (Å²) in [6.45, 7) is 7.13. The SMILES string of the molecule is Cc1nn2c(CNCC3CNCC3O)c(C)nc2s1. The standard InChI is InChI=1S/C12H19N5OS/c1-7-10(17-12(15-7)19-8(2)16-17)5-13-3-9-4-14-6-11(9)18/h9,11,13-14,18H,3-6H2,1-2H3. The zero-order valence-electron chi connectivity index (χ0n) is 11.2. The summed E-state index contributed by atoms with van der Waals surface area (Å²) >= 11 is 1.61. The minimum Gasteiger partial charge on any atom is -0.391 e. The van der Waals surface area contributed by atoms with E-state index in [-0.39, 0.29) is 6.10 Å². The minimum absolute atomic E-state index is 0.236. The molecule has 3 heterocycles. The van der Waals surface area contributed by atoms with Gasteiger partial charge in [-0.3, -0.25) is 0 Å². The average Bonchev–Trinajstić information content (AvgIpc) is 2.98. The number of aryl methyl sites for hydroxylation is 2. The molecule has 1 aliphatic rings. The molecule has 19 heavy (non-hydrogen) atoms. The van der Waals surface area contributed by atoms with Crippen LogP contribution in [-0.4, -0.2) is 45.4 Å². The van der Waals surface area contributed by atoms with Gasteiger partial charge in [0.25, 0.3) is 0 Å². The van der Waals surface area contributed by atoms with Crippen molar-refractivity contribution in [1.82, 2.24) is 25.2 Å². The Kier molecular flexibility index (Phi) is 3.53. The molecule has 6 nitrogen and oxygen atoms in total. The molecule has 7 heteroatoms. The first-order valence-corrected chi connectivity index (χ1v) is 7.38. The third-order valence-electron chi connectivity index (χ3n) is 3.60. The highest BCUT2D eigenvalue weighted by atomic mass is 32.1. The Bertz CT molecular complexity index is 578. The molecule has 2 aromatic rings. The highest BCUT2D eigenvalue weighted by Crippen LogP contribution is 2.17. The normalized spacial score (nSPS) is 23.5. The van der Waals surface area contributed by atoms with Gasteiger partial charge in [-0.25, -0.2) is 9.50 Å². The number of hydrogen-bond acceptors (Lipinski definition) is 6. The van der Waals surface area contributed by atoms with E-state index in [2.05, 4.69) is 20.7 Å². The van der Waals surface area contributed by atoms with Crippen LogP contribution in [0.25, 0.3) is 4.96 Å². The van der Waals surface area contributed by atoms with Crippen molar-refractivity contribution in [2.45, 2.75) is 26.5 Å². The summed E-state index contributed by atoms with van der Waals surface area (Å²) in [5, 5.41) is 21.8. The lowest BCUT2D eigenvalue weighted by Gasteiger charge is -2.13. The monoisotopic (exact) mass is 281 g/mol. The van der Waals surface area contributed by atoms with Crippen LogP contribution >= 0.6 is 11.3 Å². The van der Waals surface area contributed by atoms with Gasteiger partial charge in [0.15, 0.2) is 0 Å². The topological polar surface area (TPSA) is 74.5 Å². The van der Waals surface area contributed by atoms with Crippen LogP contribution in [0.15, 0.2) is 0 Å². The first-order valence-electron chi connectivity index (χ1n) is 6.56. The Hall–Kier alpha value is -1.02. The van der Waals surface area contributed by atoms with Gasteiger partial charge in [-0.1, -0.05) is 11.3 Å². The van der Waals surface area contributed by atoms with E-state index < -0.39 is 0 Å². The van der Waals surface area contributed by atoms with Gasteiger partial charge >= 0.3 is 0 Å². The fourth-order valence-corrected chi connectivity index (χ4v) is 3.30. The molecule has 0 aromatic carbocycles. The maximum atomic E-state index is 9.75. The van der Waals surface area contributed by atoms with E-state index in [0.29, 0.717) is 12.5 Å². The molecule has 0 amide bonds. The summed E-state index contributed by atoms with van der Waals surface area (Å²) in [5.41, 5.74) is 2.14. The number of nitrogens with zero attached hydrogens (tertiary/aromatic N) is 3. The Morgan fingerprint density at radius 1 is 1.47 bits per heavy atom. The molecule has 3 N–H and O–H groups in total. The van der Waals surface area contributed by atoms with Crippen LogP contribution in [0.1, 0.15) is 16.4 Å². The second-order valence-corrected chi connectivity index (χ2v) is 6.24.